The fourth-order valence-electron chi connectivity index (χ4n) is 5.20. The van der Waals surface area contributed by atoms with Crippen LogP contribution in [0.1, 0.15) is 56.6 Å². The fourth-order valence-corrected chi connectivity index (χ4v) is 5.20. The average molecular weight is 508 g/mol. The van der Waals surface area contributed by atoms with E-state index in [9.17, 15) is 5.11 Å². The molecule has 1 aliphatic rings. The third-order valence-corrected chi connectivity index (χ3v) is 7.38. The van der Waals surface area contributed by atoms with Crippen LogP contribution in [0, 0.1) is 0 Å². The number of aliphatic hydroxyl groups is 1. The molecule has 1 aliphatic carbocycles. The summed E-state index contributed by atoms with van der Waals surface area (Å²) in [4.78, 5) is 14.6. The lowest BCUT2D eigenvalue weighted by Crippen LogP contribution is -2.29. The molecule has 3 N–H and O–H groups in total. The number of aromatic nitrogens is 5. The van der Waals surface area contributed by atoms with Crippen LogP contribution in [-0.2, 0) is 6.54 Å². The van der Waals surface area contributed by atoms with Crippen molar-refractivity contribution in [2.75, 3.05) is 10.6 Å². The minimum atomic E-state index is -0.201. The van der Waals surface area contributed by atoms with E-state index >= 15 is 0 Å². The van der Waals surface area contributed by atoms with E-state index in [-0.39, 0.29) is 18.1 Å². The number of nitrogens with zero attached hydrogens (tertiary/aromatic N) is 5. The normalized spacial score (nSPS) is 17.8. The van der Waals surface area contributed by atoms with Gasteiger partial charge < -0.3 is 15.7 Å². The molecule has 0 unspecified atom stereocenters. The highest BCUT2D eigenvalue weighted by Crippen LogP contribution is 2.27. The first-order valence-electron chi connectivity index (χ1n) is 13.4. The van der Waals surface area contributed by atoms with Crippen LogP contribution < -0.4 is 10.6 Å². The van der Waals surface area contributed by atoms with E-state index in [2.05, 4.69) is 59.9 Å². The van der Waals surface area contributed by atoms with Gasteiger partial charge >= 0.3 is 0 Å². The van der Waals surface area contributed by atoms with Crippen molar-refractivity contribution in [2.45, 2.75) is 64.1 Å². The van der Waals surface area contributed by atoms with Gasteiger partial charge in [0.25, 0.3) is 0 Å². The molecule has 0 atom stereocenters. The van der Waals surface area contributed by atoms with Crippen LogP contribution in [0.5, 0.6) is 0 Å². The van der Waals surface area contributed by atoms with Crippen molar-refractivity contribution in [3.05, 3.63) is 78.0 Å². The summed E-state index contributed by atoms with van der Waals surface area (Å²) in [6.45, 7) is 4.85. The number of benzene rings is 2. The van der Waals surface area contributed by atoms with E-state index in [0.29, 0.717) is 18.4 Å². The third kappa shape index (κ3) is 4.91. The fraction of sp³-hybridized carbons (Fsp3) is 0.333. The number of fused-ring (bicyclic) bond motifs is 2. The minimum Gasteiger partial charge on any atom is -0.393 e. The Morgan fingerprint density at radius 2 is 1.71 bits per heavy atom. The van der Waals surface area contributed by atoms with Crippen LogP contribution in [0.15, 0.2) is 66.9 Å². The second-order valence-electron chi connectivity index (χ2n) is 10.4. The second kappa shape index (κ2) is 10.4. The van der Waals surface area contributed by atoms with Gasteiger partial charge in [0.2, 0.25) is 11.9 Å². The van der Waals surface area contributed by atoms with Crippen LogP contribution in [0.25, 0.3) is 27.8 Å². The van der Waals surface area contributed by atoms with Gasteiger partial charge in [0.05, 0.1) is 23.5 Å². The number of nitrogens with one attached hydrogen (secondary N) is 2. The highest BCUT2D eigenvalue weighted by molar-refractivity contribution is 5.82. The van der Waals surface area contributed by atoms with E-state index in [1.807, 2.05) is 36.5 Å². The summed E-state index contributed by atoms with van der Waals surface area (Å²) in [6.07, 6.45) is 5.09. The molecule has 38 heavy (non-hydrogen) atoms. The Kier molecular flexibility index (Phi) is 6.64. The van der Waals surface area contributed by atoms with Gasteiger partial charge in [0.1, 0.15) is 0 Å². The predicted molar refractivity (Wildman–Crippen MR) is 151 cm³/mol. The van der Waals surface area contributed by atoms with Crippen LogP contribution >= 0.6 is 0 Å². The first-order valence-corrected chi connectivity index (χ1v) is 13.4. The Labute approximate surface area is 222 Å². The average Bonchev–Trinajstić information content (AvgIpc) is 3.37. The first kappa shape index (κ1) is 24.3. The van der Waals surface area contributed by atoms with Crippen molar-refractivity contribution >= 4 is 28.4 Å². The maximum atomic E-state index is 9.90. The van der Waals surface area contributed by atoms with Crippen LogP contribution in [0.3, 0.4) is 0 Å². The summed E-state index contributed by atoms with van der Waals surface area (Å²) < 4.78 is 1.79. The van der Waals surface area contributed by atoms with Gasteiger partial charge in [-0.1, -0.05) is 62.4 Å². The smallest absolute Gasteiger partial charge is 0.229 e. The van der Waals surface area contributed by atoms with Gasteiger partial charge in [-0.3, -0.25) is 0 Å². The van der Waals surface area contributed by atoms with Crippen LogP contribution in [0.2, 0.25) is 0 Å². The summed E-state index contributed by atoms with van der Waals surface area (Å²) >= 11 is 0. The molecule has 0 saturated heterocycles. The standard InChI is InChI=1S/C30H33N7O/c1-19(2)25-18-32-37-28(25)35-29(33-22-12-14-23(38)15-13-22)36-30(37)31-17-21-8-3-5-9-24(21)27-16-11-20-7-4-6-10-26(20)34-27/h3-11,16,18-19,22-23,38H,12-15,17H2,1-2H3,(H2,31,33,35,36). The van der Waals surface area contributed by atoms with Gasteiger partial charge in [-0.25, -0.2) is 4.98 Å². The van der Waals surface area contributed by atoms with Crippen LogP contribution in [-0.4, -0.2) is 41.8 Å². The quantitative estimate of drug-likeness (QED) is 0.256. The maximum absolute atomic E-state index is 9.90. The zero-order valence-electron chi connectivity index (χ0n) is 21.8. The number of hydrogen-bond donors (Lipinski definition) is 3. The SMILES string of the molecule is CC(C)c1cnn2c(NCc3ccccc3-c3ccc4ccccc4n3)nc(NC3CCC(O)CC3)nc12. The largest absolute Gasteiger partial charge is 0.393 e. The summed E-state index contributed by atoms with van der Waals surface area (Å²) in [5, 5.41) is 22.7. The molecule has 5 aromatic rings. The zero-order valence-corrected chi connectivity index (χ0v) is 21.8. The monoisotopic (exact) mass is 507 g/mol. The van der Waals surface area contributed by atoms with E-state index < -0.39 is 0 Å². The predicted octanol–water partition coefficient (Wildman–Crippen LogP) is 5.79. The maximum Gasteiger partial charge on any atom is 0.229 e. The molecule has 1 saturated carbocycles. The third-order valence-electron chi connectivity index (χ3n) is 7.38. The summed E-state index contributed by atoms with van der Waals surface area (Å²) in [5.74, 6) is 1.52. The van der Waals surface area contributed by atoms with Crippen molar-refractivity contribution in [1.29, 1.82) is 0 Å². The van der Waals surface area contributed by atoms with E-state index in [1.165, 1.54) is 0 Å². The highest BCUT2D eigenvalue weighted by atomic mass is 16.3. The molecule has 2 aromatic carbocycles. The van der Waals surface area contributed by atoms with E-state index in [0.717, 1.165) is 64.6 Å². The molecule has 0 bridgehead atoms. The molecule has 8 nitrogen and oxygen atoms in total. The molecule has 8 heteroatoms. The molecule has 6 rings (SSSR count). The number of para-hydroxylation sites is 1. The number of rotatable bonds is 7. The molecule has 0 aliphatic heterocycles. The molecular weight excluding hydrogens is 474 g/mol. The summed E-state index contributed by atoms with van der Waals surface area (Å²) in [6, 6.07) is 20.9. The van der Waals surface area contributed by atoms with Crippen molar-refractivity contribution in [3.8, 4) is 11.3 Å². The molecule has 194 valence electrons. The van der Waals surface area contributed by atoms with Crippen molar-refractivity contribution in [3.63, 3.8) is 0 Å². The lowest BCUT2D eigenvalue weighted by Gasteiger charge is -2.26. The van der Waals surface area contributed by atoms with E-state index in [1.54, 1.807) is 4.52 Å². The second-order valence-corrected chi connectivity index (χ2v) is 10.4. The molecular formula is C30H33N7O. The Hall–Kier alpha value is -4.04. The van der Waals surface area contributed by atoms with Crippen molar-refractivity contribution in [2.24, 2.45) is 0 Å². The number of pyridine rings is 1. The number of hydrogen-bond acceptors (Lipinski definition) is 7. The molecule has 3 heterocycles. The lowest BCUT2D eigenvalue weighted by atomic mass is 9.93. The highest BCUT2D eigenvalue weighted by Gasteiger charge is 2.22. The molecule has 1 fully saturated rings. The number of aliphatic hydroxyl groups excluding tert-OH is 1. The summed E-state index contributed by atoms with van der Waals surface area (Å²) in [7, 11) is 0. The van der Waals surface area contributed by atoms with Crippen molar-refractivity contribution in [1.82, 2.24) is 24.6 Å². The molecule has 0 radical (unpaired) electrons. The van der Waals surface area contributed by atoms with Gasteiger partial charge in [0.15, 0.2) is 5.65 Å². The molecule has 0 spiro atoms. The Bertz CT molecular complexity index is 1570. The zero-order chi connectivity index (χ0) is 26.1. The van der Waals surface area contributed by atoms with Crippen molar-refractivity contribution < 1.29 is 5.11 Å². The minimum absolute atomic E-state index is 0.201. The van der Waals surface area contributed by atoms with Gasteiger partial charge in [-0.05, 0) is 49.3 Å². The Morgan fingerprint density at radius 1 is 0.921 bits per heavy atom. The Balaban J connectivity index is 1.31. The van der Waals surface area contributed by atoms with Gasteiger partial charge in [0, 0.05) is 29.1 Å². The topological polar surface area (TPSA) is 100 Å². The first-order chi connectivity index (χ1) is 18.5. The lowest BCUT2D eigenvalue weighted by molar-refractivity contribution is 0.126. The van der Waals surface area contributed by atoms with E-state index in [4.69, 9.17) is 15.0 Å². The van der Waals surface area contributed by atoms with Gasteiger partial charge in [-0.15, -0.1) is 0 Å². The summed E-state index contributed by atoms with van der Waals surface area (Å²) in [5.41, 5.74) is 6.01. The van der Waals surface area contributed by atoms with Crippen LogP contribution in [0.4, 0.5) is 11.9 Å². The molecule has 0 amide bonds. The molecule has 3 aromatic heterocycles. The number of anilines is 2. The van der Waals surface area contributed by atoms with Gasteiger partial charge in [-0.2, -0.15) is 19.6 Å². The Morgan fingerprint density at radius 3 is 2.55 bits per heavy atom.